The molecule has 0 radical (unpaired) electrons. The van der Waals surface area contributed by atoms with E-state index in [0.29, 0.717) is 17.6 Å². The number of oxime groups is 1. The monoisotopic (exact) mass is 479 g/mol. The van der Waals surface area contributed by atoms with Crippen LogP contribution in [0.4, 0.5) is 5.13 Å². The molecule has 3 aliphatic heterocycles. The second-order valence-electron chi connectivity index (χ2n) is 6.79. The van der Waals surface area contributed by atoms with Gasteiger partial charge in [-0.2, -0.15) is 0 Å². The number of nitrogens with two attached hydrogens (primary N) is 1. The van der Waals surface area contributed by atoms with Gasteiger partial charge in [-0.15, -0.1) is 23.1 Å². The average Bonchev–Trinajstić information content (AvgIpc) is 3.37. The number of thiazole rings is 1. The van der Waals surface area contributed by atoms with E-state index in [-0.39, 0.29) is 34.6 Å². The molecule has 4 rings (SSSR count). The zero-order valence-corrected chi connectivity index (χ0v) is 18.2. The van der Waals surface area contributed by atoms with Gasteiger partial charge in [-0.05, 0) is 11.6 Å². The fraction of sp³-hybridized carbons (Fsp3) is 0.333. The smallest absolute Gasteiger partial charge is 0.352 e. The number of nitrogens with zero attached hydrogens (tertiary/aromatic N) is 3. The van der Waals surface area contributed by atoms with Gasteiger partial charge in [-0.25, -0.2) is 14.6 Å². The Morgan fingerprint density at radius 1 is 1.47 bits per heavy atom. The predicted octanol–water partition coefficient (Wildman–Crippen LogP) is -0.312. The van der Waals surface area contributed by atoms with Crippen molar-refractivity contribution < 1.29 is 33.9 Å². The molecule has 2 amide bonds. The van der Waals surface area contributed by atoms with Crippen LogP contribution in [0.15, 0.2) is 33.5 Å². The summed E-state index contributed by atoms with van der Waals surface area (Å²) < 4.78 is 4.88. The first-order valence-electron chi connectivity index (χ1n) is 9.24. The molecule has 0 aromatic carbocycles. The number of allylic oxidation sites excluding steroid dienone is 1. The number of anilines is 1. The number of β-lactam (4-membered cyclic amide) rings is 1. The quantitative estimate of drug-likeness (QED) is 0.161. The zero-order chi connectivity index (χ0) is 23.0. The average molecular weight is 479 g/mol. The Bertz CT molecular complexity index is 1110. The number of aromatic nitrogens is 1. The maximum Gasteiger partial charge on any atom is 0.352 e. The van der Waals surface area contributed by atoms with E-state index in [9.17, 15) is 24.3 Å². The summed E-state index contributed by atoms with van der Waals surface area (Å²) in [4.78, 5) is 59.0. The van der Waals surface area contributed by atoms with Crippen LogP contribution in [0.3, 0.4) is 0 Å². The lowest BCUT2D eigenvalue weighted by atomic mass is 10.0. The molecule has 168 valence electrons. The normalized spacial score (nSPS) is 24.2. The fourth-order valence-electron chi connectivity index (χ4n) is 3.45. The highest BCUT2D eigenvalue weighted by atomic mass is 32.2. The molecule has 2 fully saturated rings. The Hall–Kier alpha value is -3.39. The van der Waals surface area contributed by atoms with Gasteiger partial charge in [0.05, 0.1) is 6.61 Å². The number of aliphatic carboxylic acids is 1. The summed E-state index contributed by atoms with van der Waals surface area (Å²) in [6, 6.07) is -0.967. The number of ether oxygens (including phenoxy) is 1. The van der Waals surface area contributed by atoms with Crippen molar-refractivity contribution in [3.05, 3.63) is 34.0 Å². The van der Waals surface area contributed by atoms with E-state index in [0.717, 1.165) is 16.2 Å². The summed E-state index contributed by atoms with van der Waals surface area (Å²) in [7, 11) is 1.26. The Kier molecular flexibility index (Phi) is 5.88. The lowest BCUT2D eigenvalue weighted by Crippen LogP contribution is -2.71. The largest absolute Gasteiger partial charge is 0.477 e. The first-order valence-corrected chi connectivity index (χ1v) is 11.2. The zero-order valence-electron chi connectivity index (χ0n) is 16.6. The number of rotatable bonds is 6. The van der Waals surface area contributed by atoms with Crippen molar-refractivity contribution >= 4 is 57.7 Å². The van der Waals surface area contributed by atoms with Gasteiger partial charge in [0.25, 0.3) is 11.8 Å². The van der Waals surface area contributed by atoms with Crippen molar-refractivity contribution in [2.75, 3.05) is 25.2 Å². The molecule has 12 nitrogen and oxygen atoms in total. The fourth-order valence-corrected chi connectivity index (χ4v) is 5.30. The minimum atomic E-state index is -1.30. The number of fused-ring (bicyclic) bond motifs is 1. The third-order valence-electron chi connectivity index (χ3n) is 4.86. The highest BCUT2D eigenvalue weighted by molar-refractivity contribution is 8.00. The Balaban J connectivity index is 1.55. The van der Waals surface area contributed by atoms with Gasteiger partial charge in [0, 0.05) is 23.1 Å². The van der Waals surface area contributed by atoms with Crippen LogP contribution < -0.4 is 11.1 Å². The van der Waals surface area contributed by atoms with E-state index in [1.807, 2.05) is 0 Å². The number of carboxylic acids is 1. The number of hydrogen-bond donors (Lipinski definition) is 3. The Morgan fingerprint density at radius 3 is 2.84 bits per heavy atom. The molecule has 3 aliphatic rings. The predicted molar refractivity (Wildman–Crippen MR) is 113 cm³/mol. The summed E-state index contributed by atoms with van der Waals surface area (Å²) in [5, 5.41) is 17.1. The molecule has 1 aromatic rings. The van der Waals surface area contributed by atoms with Crippen LogP contribution >= 0.6 is 23.1 Å². The number of cyclic esters (lactones) is 1. The van der Waals surface area contributed by atoms with E-state index in [2.05, 4.69) is 15.5 Å². The third-order valence-corrected chi connectivity index (χ3v) is 6.84. The van der Waals surface area contributed by atoms with Crippen LogP contribution in [0.1, 0.15) is 12.1 Å². The van der Waals surface area contributed by atoms with Gasteiger partial charge in [-0.1, -0.05) is 5.16 Å². The molecule has 32 heavy (non-hydrogen) atoms. The molecule has 0 aliphatic carbocycles. The molecule has 2 saturated heterocycles. The number of thioether (sulfide) groups is 1. The molecular weight excluding hydrogens is 462 g/mol. The first-order chi connectivity index (χ1) is 15.3. The van der Waals surface area contributed by atoms with Gasteiger partial charge in [0.15, 0.2) is 10.8 Å². The lowest BCUT2D eigenvalue weighted by Gasteiger charge is -2.49. The molecule has 14 heteroatoms. The van der Waals surface area contributed by atoms with Crippen molar-refractivity contribution in [1.29, 1.82) is 0 Å². The maximum atomic E-state index is 12.8. The van der Waals surface area contributed by atoms with Crippen molar-refractivity contribution in [1.82, 2.24) is 15.2 Å². The van der Waals surface area contributed by atoms with E-state index in [4.69, 9.17) is 15.3 Å². The molecule has 1 aromatic heterocycles. The van der Waals surface area contributed by atoms with E-state index in [1.54, 1.807) is 0 Å². The highest BCUT2D eigenvalue weighted by Gasteiger charge is 2.54. The molecule has 0 bridgehead atoms. The molecule has 2 atom stereocenters. The second kappa shape index (κ2) is 8.63. The van der Waals surface area contributed by atoms with Crippen LogP contribution in [0.5, 0.6) is 0 Å². The molecule has 4 heterocycles. The molecule has 4 N–H and O–H groups in total. The van der Waals surface area contributed by atoms with Crippen LogP contribution in [-0.4, -0.2) is 75.3 Å². The SMILES string of the molecule is CO/N=C(\C(=O)N[C@@H]1C(=O)N2C(C(=O)O)=C(C=C3CCOC3=O)CS[C@@H]12)c1csc(N)n1. The number of hydrogen-bond acceptors (Lipinski definition) is 11. The summed E-state index contributed by atoms with van der Waals surface area (Å²) in [5.74, 6) is -2.86. The van der Waals surface area contributed by atoms with Crippen molar-refractivity contribution in [2.24, 2.45) is 5.16 Å². The standard InChI is InChI=1S/C18H17N5O7S2/c1-29-22-10(9-6-32-18(19)20-9)13(24)21-11-14(25)23-12(16(26)27)8(5-31-15(11)23)4-7-2-3-30-17(7)28/h4,6,11,15H,2-3,5H2,1H3,(H2,19,20)(H,21,24)(H,26,27)/b7-4?,22-10-/t11-,15+/m1/s1. The van der Waals surface area contributed by atoms with Crippen molar-refractivity contribution in [2.45, 2.75) is 17.8 Å². The summed E-state index contributed by atoms with van der Waals surface area (Å²) >= 11 is 2.38. The van der Waals surface area contributed by atoms with Gasteiger partial charge in [0.2, 0.25) is 0 Å². The van der Waals surface area contributed by atoms with Crippen LogP contribution in [0.2, 0.25) is 0 Å². The topological polar surface area (TPSA) is 174 Å². The van der Waals surface area contributed by atoms with Crippen LogP contribution in [-0.2, 0) is 28.8 Å². The molecule has 0 spiro atoms. The highest BCUT2D eigenvalue weighted by Crippen LogP contribution is 2.41. The third kappa shape index (κ3) is 3.82. The maximum absolute atomic E-state index is 12.8. The minimum absolute atomic E-state index is 0.160. The number of amides is 2. The molecule has 0 saturated carbocycles. The number of carboxylic acid groups (broad SMARTS) is 1. The second-order valence-corrected chi connectivity index (χ2v) is 8.78. The summed E-state index contributed by atoms with van der Waals surface area (Å²) in [5.41, 5.74) is 6.12. The number of carbonyl (C=O) groups is 4. The van der Waals surface area contributed by atoms with E-state index >= 15 is 0 Å². The Labute approximate surface area is 189 Å². The first kappa shape index (κ1) is 21.8. The summed E-state index contributed by atoms with van der Waals surface area (Å²) in [6.45, 7) is 0.239. The Morgan fingerprint density at radius 2 is 2.25 bits per heavy atom. The van der Waals surface area contributed by atoms with Gasteiger partial charge >= 0.3 is 11.9 Å². The van der Waals surface area contributed by atoms with E-state index in [1.165, 1.54) is 30.3 Å². The van der Waals surface area contributed by atoms with E-state index < -0.39 is 35.2 Å². The van der Waals surface area contributed by atoms with Crippen LogP contribution in [0.25, 0.3) is 0 Å². The number of carbonyl (C=O) groups excluding carboxylic acids is 3. The van der Waals surface area contributed by atoms with Crippen molar-refractivity contribution in [3.8, 4) is 0 Å². The molecular formula is C18H17N5O7S2. The number of nitrogen functional groups attached to an aromatic ring is 1. The van der Waals surface area contributed by atoms with Gasteiger partial charge in [0.1, 0.15) is 29.9 Å². The lowest BCUT2D eigenvalue weighted by molar-refractivity contribution is -0.150. The minimum Gasteiger partial charge on any atom is -0.477 e. The molecule has 0 unspecified atom stereocenters. The van der Waals surface area contributed by atoms with Crippen molar-refractivity contribution in [3.63, 3.8) is 0 Å². The van der Waals surface area contributed by atoms with Gasteiger partial charge < -0.3 is 25.7 Å². The number of esters is 1. The van der Waals surface area contributed by atoms with Crippen LogP contribution in [0, 0.1) is 0 Å². The van der Waals surface area contributed by atoms with Gasteiger partial charge in [-0.3, -0.25) is 14.5 Å². The summed E-state index contributed by atoms with van der Waals surface area (Å²) in [6.07, 6.45) is 1.84. The number of nitrogens with one attached hydrogen (secondary N) is 1.